The van der Waals surface area contributed by atoms with Gasteiger partial charge in [-0.25, -0.2) is 9.59 Å². The molecule has 0 spiro atoms. The maximum atomic E-state index is 11.9. The van der Waals surface area contributed by atoms with Crippen molar-refractivity contribution in [1.29, 1.82) is 0 Å². The van der Waals surface area contributed by atoms with Gasteiger partial charge in [0.05, 0.1) is 12.7 Å². The van der Waals surface area contributed by atoms with Crippen LogP contribution < -0.4 is 4.74 Å². The molecule has 2 aromatic rings. The Balaban J connectivity index is 2.03. The Morgan fingerprint density at radius 1 is 1.25 bits per heavy atom. The van der Waals surface area contributed by atoms with E-state index >= 15 is 0 Å². The molecule has 0 aliphatic carbocycles. The zero-order valence-corrected chi connectivity index (χ0v) is 11.1. The number of methoxy groups -OCH3 is 1. The van der Waals surface area contributed by atoms with Crippen molar-refractivity contribution < 1.29 is 19.1 Å². The first-order valence-corrected chi connectivity index (χ1v) is 6.01. The first kappa shape index (κ1) is 13.8. The largest absolute Gasteiger partial charge is 0.465 e. The van der Waals surface area contributed by atoms with Crippen molar-refractivity contribution >= 4 is 11.9 Å². The van der Waals surface area contributed by atoms with Gasteiger partial charge in [0.25, 0.3) is 0 Å². The fourth-order valence-electron chi connectivity index (χ4n) is 1.60. The number of aromatic nitrogens is 2. The lowest BCUT2D eigenvalue weighted by Crippen LogP contribution is -2.22. The van der Waals surface area contributed by atoms with Crippen molar-refractivity contribution in [1.82, 2.24) is 9.78 Å². The molecule has 1 unspecified atom stereocenters. The molecule has 2 rings (SSSR count). The molecule has 1 aromatic heterocycles. The van der Waals surface area contributed by atoms with E-state index in [1.165, 1.54) is 23.9 Å². The summed E-state index contributed by atoms with van der Waals surface area (Å²) in [5, 5.41) is 3.98. The van der Waals surface area contributed by atoms with Crippen molar-refractivity contribution in [3.63, 3.8) is 0 Å². The molecule has 6 heteroatoms. The third-order valence-electron chi connectivity index (χ3n) is 2.76. The van der Waals surface area contributed by atoms with Crippen LogP contribution in [0.15, 0.2) is 42.7 Å². The molecule has 0 aliphatic rings. The molecule has 0 saturated carbocycles. The van der Waals surface area contributed by atoms with E-state index in [-0.39, 0.29) is 0 Å². The lowest BCUT2D eigenvalue weighted by atomic mass is 10.2. The van der Waals surface area contributed by atoms with Gasteiger partial charge in [-0.3, -0.25) is 4.68 Å². The summed E-state index contributed by atoms with van der Waals surface area (Å²) < 4.78 is 11.3. The minimum atomic E-state index is -0.523. The highest BCUT2D eigenvalue weighted by Gasteiger charge is 2.17. The summed E-state index contributed by atoms with van der Waals surface area (Å²) in [6, 6.07) is 7.36. The minimum Gasteiger partial charge on any atom is -0.465 e. The fourth-order valence-corrected chi connectivity index (χ4v) is 1.60. The van der Waals surface area contributed by atoms with E-state index in [0.717, 1.165) is 0 Å². The van der Waals surface area contributed by atoms with Gasteiger partial charge in [0.2, 0.25) is 0 Å². The third kappa shape index (κ3) is 3.03. The lowest BCUT2D eigenvalue weighted by Gasteiger charge is -2.11. The topological polar surface area (TPSA) is 70.4 Å². The molecule has 0 saturated heterocycles. The van der Waals surface area contributed by atoms with Crippen LogP contribution in [-0.2, 0) is 9.53 Å². The van der Waals surface area contributed by atoms with Crippen molar-refractivity contribution in [2.75, 3.05) is 7.11 Å². The number of carbonyl (C=O) groups excluding carboxylic acids is 2. The standard InChI is InChI=1S/C14H14N2O4/c1-10(16-9-3-8-15-16)13(17)20-12-6-4-11(5-7-12)14(18)19-2/h3-10H,1-2H3. The van der Waals surface area contributed by atoms with E-state index in [1.807, 2.05) is 0 Å². The summed E-state index contributed by atoms with van der Waals surface area (Å²) >= 11 is 0. The molecule has 0 amide bonds. The molecular formula is C14H14N2O4. The van der Waals surface area contributed by atoms with Crippen LogP contribution in [0.4, 0.5) is 0 Å². The highest BCUT2D eigenvalue weighted by atomic mass is 16.5. The molecule has 1 aromatic carbocycles. The van der Waals surface area contributed by atoms with Crippen molar-refractivity contribution in [2.24, 2.45) is 0 Å². The Labute approximate surface area is 115 Å². The molecule has 0 aliphatic heterocycles. The molecule has 104 valence electrons. The minimum absolute atomic E-state index is 0.363. The van der Waals surface area contributed by atoms with Gasteiger partial charge in [0.15, 0.2) is 0 Å². The molecule has 20 heavy (non-hydrogen) atoms. The number of benzene rings is 1. The van der Waals surface area contributed by atoms with Crippen LogP contribution in [0.2, 0.25) is 0 Å². The maximum Gasteiger partial charge on any atom is 0.337 e. The lowest BCUT2D eigenvalue weighted by molar-refractivity contribution is -0.137. The quantitative estimate of drug-likeness (QED) is 0.628. The summed E-state index contributed by atoms with van der Waals surface area (Å²) in [5.74, 6) is -0.506. The monoisotopic (exact) mass is 274 g/mol. The summed E-state index contributed by atoms with van der Waals surface area (Å²) in [4.78, 5) is 23.2. The maximum absolute atomic E-state index is 11.9. The van der Waals surface area contributed by atoms with Gasteiger partial charge in [-0.15, -0.1) is 0 Å². The normalized spacial score (nSPS) is 11.7. The second kappa shape index (κ2) is 6.01. The summed E-state index contributed by atoms with van der Waals surface area (Å²) in [7, 11) is 1.31. The predicted molar refractivity (Wildman–Crippen MR) is 70.4 cm³/mol. The van der Waals surface area contributed by atoms with E-state index in [0.29, 0.717) is 11.3 Å². The molecule has 0 fully saturated rings. The average Bonchev–Trinajstić information content (AvgIpc) is 3.00. The highest BCUT2D eigenvalue weighted by Crippen LogP contribution is 2.15. The average molecular weight is 274 g/mol. The van der Waals surface area contributed by atoms with Crippen molar-refractivity contribution in [3.8, 4) is 5.75 Å². The van der Waals surface area contributed by atoms with Crippen LogP contribution in [0.5, 0.6) is 5.75 Å². The SMILES string of the molecule is COC(=O)c1ccc(OC(=O)C(C)n2cccn2)cc1. The molecule has 0 radical (unpaired) electrons. The van der Waals surface area contributed by atoms with Gasteiger partial charge in [-0.05, 0) is 37.3 Å². The van der Waals surface area contributed by atoms with Gasteiger partial charge < -0.3 is 9.47 Å². The number of hydrogen-bond donors (Lipinski definition) is 0. The van der Waals surface area contributed by atoms with Gasteiger partial charge in [0, 0.05) is 12.4 Å². The van der Waals surface area contributed by atoms with Crippen LogP contribution in [0.3, 0.4) is 0 Å². The van der Waals surface area contributed by atoms with Crippen molar-refractivity contribution in [2.45, 2.75) is 13.0 Å². The summed E-state index contributed by atoms with van der Waals surface area (Å²) in [6.07, 6.45) is 3.28. The number of rotatable bonds is 4. The van der Waals surface area contributed by atoms with Gasteiger partial charge in [-0.2, -0.15) is 5.10 Å². The Morgan fingerprint density at radius 2 is 1.95 bits per heavy atom. The van der Waals surface area contributed by atoms with Crippen LogP contribution in [0.25, 0.3) is 0 Å². The Kier molecular flexibility index (Phi) is 4.14. The van der Waals surface area contributed by atoms with Gasteiger partial charge in [0.1, 0.15) is 11.8 Å². The molecular weight excluding hydrogens is 260 g/mol. The smallest absolute Gasteiger partial charge is 0.337 e. The van der Waals surface area contributed by atoms with E-state index in [1.54, 1.807) is 37.5 Å². The zero-order valence-electron chi connectivity index (χ0n) is 11.1. The third-order valence-corrected chi connectivity index (χ3v) is 2.76. The first-order chi connectivity index (χ1) is 9.61. The number of hydrogen-bond acceptors (Lipinski definition) is 5. The second-order valence-electron chi connectivity index (χ2n) is 4.10. The molecule has 6 nitrogen and oxygen atoms in total. The number of carbonyl (C=O) groups is 2. The number of nitrogens with zero attached hydrogens (tertiary/aromatic N) is 2. The van der Waals surface area contributed by atoms with Crippen LogP contribution in [-0.4, -0.2) is 28.8 Å². The van der Waals surface area contributed by atoms with Crippen molar-refractivity contribution in [3.05, 3.63) is 48.3 Å². The Bertz CT molecular complexity index is 590. The molecule has 0 bridgehead atoms. The Hall–Kier alpha value is -2.63. The predicted octanol–water partition coefficient (Wildman–Crippen LogP) is 1.84. The van der Waals surface area contributed by atoms with Gasteiger partial charge >= 0.3 is 11.9 Å². The van der Waals surface area contributed by atoms with E-state index < -0.39 is 18.0 Å². The fraction of sp³-hybridized carbons (Fsp3) is 0.214. The van der Waals surface area contributed by atoms with E-state index in [4.69, 9.17) is 4.74 Å². The Morgan fingerprint density at radius 3 is 2.50 bits per heavy atom. The van der Waals surface area contributed by atoms with E-state index in [2.05, 4.69) is 9.84 Å². The van der Waals surface area contributed by atoms with E-state index in [9.17, 15) is 9.59 Å². The summed E-state index contributed by atoms with van der Waals surface area (Å²) in [5.41, 5.74) is 0.396. The number of ether oxygens (including phenoxy) is 2. The summed E-state index contributed by atoms with van der Waals surface area (Å²) in [6.45, 7) is 1.69. The van der Waals surface area contributed by atoms with Crippen LogP contribution in [0.1, 0.15) is 23.3 Å². The first-order valence-electron chi connectivity index (χ1n) is 6.01. The molecule has 1 heterocycles. The number of esters is 2. The molecule has 0 N–H and O–H groups in total. The van der Waals surface area contributed by atoms with Crippen LogP contribution >= 0.6 is 0 Å². The second-order valence-corrected chi connectivity index (χ2v) is 4.10. The van der Waals surface area contributed by atoms with Crippen LogP contribution in [0, 0.1) is 0 Å². The molecule has 1 atom stereocenters. The van der Waals surface area contributed by atoms with Gasteiger partial charge in [-0.1, -0.05) is 0 Å². The zero-order chi connectivity index (χ0) is 14.5. The highest BCUT2D eigenvalue weighted by molar-refractivity contribution is 5.89.